The van der Waals surface area contributed by atoms with Crippen molar-refractivity contribution in [3.63, 3.8) is 0 Å². The summed E-state index contributed by atoms with van der Waals surface area (Å²) >= 11 is 0. The van der Waals surface area contributed by atoms with Crippen LogP contribution in [-0.4, -0.2) is 40.3 Å². The number of nitrogens with zero attached hydrogens (tertiary/aromatic N) is 1. The Morgan fingerprint density at radius 1 is 1.10 bits per heavy atom. The molecule has 0 unspecified atom stereocenters. The third kappa shape index (κ3) is 3.72. The van der Waals surface area contributed by atoms with E-state index in [0.717, 1.165) is 23.3 Å². The van der Waals surface area contributed by atoms with Crippen molar-refractivity contribution in [2.75, 3.05) is 12.1 Å². The molecule has 0 aliphatic carbocycles. The minimum absolute atomic E-state index is 0.134. The van der Waals surface area contributed by atoms with Crippen LogP contribution in [0.2, 0.25) is 0 Å². The lowest BCUT2D eigenvalue weighted by molar-refractivity contribution is -0.142. The number of benzene rings is 1. The average Bonchev–Trinajstić information content (AvgIpc) is 2.45. The Kier molecular flexibility index (Phi) is 4.90. The molecule has 0 aliphatic heterocycles. The summed E-state index contributed by atoms with van der Waals surface area (Å²) in [5.74, 6) is -4.45. The van der Waals surface area contributed by atoms with Crippen LogP contribution in [0.4, 0.5) is 5.69 Å². The van der Waals surface area contributed by atoms with Crippen molar-refractivity contribution in [2.45, 2.75) is 6.92 Å². The predicted octanol–water partition coefficient (Wildman–Crippen LogP) is 1.44. The second kappa shape index (κ2) is 6.42. The highest BCUT2D eigenvalue weighted by Gasteiger charge is 2.19. The van der Waals surface area contributed by atoms with Crippen LogP contribution >= 0.6 is 0 Å². The van der Waals surface area contributed by atoms with Crippen LogP contribution in [0.25, 0.3) is 0 Å². The molecule has 0 fully saturated rings. The van der Waals surface area contributed by atoms with Crippen LogP contribution in [0.15, 0.2) is 30.0 Å². The first-order valence-electron chi connectivity index (χ1n) is 5.69. The van der Waals surface area contributed by atoms with E-state index >= 15 is 0 Å². The molecule has 8 heteroatoms. The van der Waals surface area contributed by atoms with Crippen molar-refractivity contribution >= 4 is 23.6 Å². The van der Waals surface area contributed by atoms with E-state index < -0.39 is 29.2 Å². The van der Waals surface area contributed by atoms with Gasteiger partial charge in [-0.15, -0.1) is 0 Å². The monoisotopic (exact) mass is 295 g/mol. The molecular formula is C13H13NO7. The van der Waals surface area contributed by atoms with Crippen LogP contribution in [0, 0.1) is 0 Å². The fraction of sp³-hybridized carbons (Fsp3) is 0.154. The number of hydroxylamine groups is 1. The Hall–Kier alpha value is -3.03. The first-order chi connectivity index (χ1) is 9.77. The standard InChI is InChI=1S/C13H13NO7/c1-3-10(15)13(20)21-14(2)7-4-5-8(11(16)17)9(6-7)12(18)19/h3-6,15H,1-2H3,(H,16,17)(H,18,19). The molecule has 21 heavy (non-hydrogen) atoms. The molecule has 1 aromatic carbocycles. The number of rotatable bonds is 5. The maximum absolute atomic E-state index is 11.4. The fourth-order valence-electron chi connectivity index (χ4n) is 1.43. The molecule has 3 N–H and O–H groups in total. The van der Waals surface area contributed by atoms with Crippen LogP contribution in [0.5, 0.6) is 0 Å². The molecule has 0 atom stereocenters. The zero-order chi connectivity index (χ0) is 16.2. The van der Waals surface area contributed by atoms with Crippen molar-refractivity contribution in [1.29, 1.82) is 0 Å². The summed E-state index contributed by atoms with van der Waals surface area (Å²) in [5, 5.41) is 28.0. The van der Waals surface area contributed by atoms with E-state index in [1.165, 1.54) is 20.0 Å². The van der Waals surface area contributed by atoms with E-state index in [1.54, 1.807) is 0 Å². The SMILES string of the molecule is CC=C(O)C(=O)ON(C)c1ccc(C(=O)O)c(C(=O)O)c1. The van der Waals surface area contributed by atoms with Crippen molar-refractivity contribution in [3.8, 4) is 0 Å². The molecule has 0 saturated carbocycles. The van der Waals surface area contributed by atoms with Gasteiger partial charge in [0.15, 0.2) is 5.76 Å². The molecular weight excluding hydrogens is 282 g/mol. The van der Waals surface area contributed by atoms with Gasteiger partial charge in [0.05, 0.1) is 16.8 Å². The van der Waals surface area contributed by atoms with Crippen molar-refractivity contribution in [3.05, 3.63) is 41.2 Å². The van der Waals surface area contributed by atoms with Gasteiger partial charge in [0.1, 0.15) is 0 Å². The van der Waals surface area contributed by atoms with E-state index in [2.05, 4.69) is 0 Å². The number of carboxylic acids is 2. The molecule has 0 aliphatic rings. The molecule has 1 aromatic rings. The zero-order valence-electron chi connectivity index (χ0n) is 11.2. The van der Waals surface area contributed by atoms with Gasteiger partial charge in [-0.25, -0.2) is 19.4 Å². The summed E-state index contributed by atoms with van der Waals surface area (Å²) < 4.78 is 0. The van der Waals surface area contributed by atoms with Crippen molar-refractivity contribution < 1.29 is 34.5 Å². The third-order valence-electron chi connectivity index (χ3n) is 2.53. The Bertz CT molecular complexity index is 621. The van der Waals surface area contributed by atoms with Crippen LogP contribution in [0.3, 0.4) is 0 Å². The summed E-state index contributed by atoms with van der Waals surface area (Å²) in [7, 11) is 1.31. The summed E-state index contributed by atoms with van der Waals surface area (Å²) in [6.45, 7) is 1.43. The van der Waals surface area contributed by atoms with E-state index in [0.29, 0.717) is 0 Å². The highest BCUT2D eigenvalue weighted by molar-refractivity contribution is 6.02. The number of carboxylic acid groups (broad SMARTS) is 2. The normalized spacial score (nSPS) is 10.9. The first-order valence-corrected chi connectivity index (χ1v) is 5.69. The molecule has 0 spiro atoms. The quantitative estimate of drug-likeness (QED) is 0.423. The van der Waals surface area contributed by atoms with Gasteiger partial charge in [0.2, 0.25) is 0 Å². The van der Waals surface area contributed by atoms with Gasteiger partial charge >= 0.3 is 17.9 Å². The van der Waals surface area contributed by atoms with Gasteiger partial charge < -0.3 is 20.2 Å². The van der Waals surface area contributed by atoms with Gasteiger partial charge in [-0.1, -0.05) is 0 Å². The molecule has 8 nitrogen and oxygen atoms in total. The maximum Gasteiger partial charge on any atom is 0.397 e. The smallest absolute Gasteiger partial charge is 0.397 e. The van der Waals surface area contributed by atoms with Gasteiger partial charge in [0, 0.05) is 7.05 Å². The zero-order valence-corrected chi connectivity index (χ0v) is 11.2. The van der Waals surface area contributed by atoms with Gasteiger partial charge in [-0.2, -0.15) is 0 Å². The van der Waals surface area contributed by atoms with Crippen LogP contribution < -0.4 is 5.06 Å². The van der Waals surface area contributed by atoms with E-state index in [1.807, 2.05) is 0 Å². The highest BCUT2D eigenvalue weighted by Crippen LogP contribution is 2.20. The minimum Gasteiger partial charge on any atom is -0.502 e. The Morgan fingerprint density at radius 3 is 2.14 bits per heavy atom. The second-order valence-electron chi connectivity index (χ2n) is 3.89. The fourth-order valence-corrected chi connectivity index (χ4v) is 1.43. The molecule has 0 saturated heterocycles. The van der Waals surface area contributed by atoms with E-state index in [9.17, 15) is 19.5 Å². The number of hydrogen-bond acceptors (Lipinski definition) is 6. The van der Waals surface area contributed by atoms with E-state index in [4.69, 9.17) is 15.1 Å². The summed E-state index contributed by atoms with van der Waals surface area (Å²) in [6.07, 6.45) is 1.13. The predicted molar refractivity (Wildman–Crippen MR) is 71.2 cm³/mol. The van der Waals surface area contributed by atoms with E-state index in [-0.39, 0.29) is 11.3 Å². The van der Waals surface area contributed by atoms with Crippen LogP contribution in [0.1, 0.15) is 27.6 Å². The minimum atomic E-state index is -1.43. The van der Waals surface area contributed by atoms with Crippen molar-refractivity contribution in [1.82, 2.24) is 0 Å². The number of allylic oxidation sites excluding steroid dienone is 1. The Balaban J connectivity index is 3.09. The number of anilines is 1. The molecule has 0 amide bonds. The molecule has 1 rings (SSSR count). The molecule has 0 aromatic heterocycles. The lowest BCUT2D eigenvalue weighted by Gasteiger charge is -2.18. The largest absolute Gasteiger partial charge is 0.502 e. The van der Waals surface area contributed by atoms with Gasteiger partial charge in [-0.3, -0.25) is 0 Å². The lowest BCUT2D eigenvalue weighted by atomic mass is 10.1. The summed E-state index contributed by atoms with van der Waals surface area (Å²) in [4.78, 5) is 38.1. The number of carbonyl (C=O) groups is 3. The molecule has 112 valence electrons. The molecule has 0 heterocycles. The third-order valence-corrected chi connectivity index (χ3v) is 2.53. The summed E-state index contributed by atoms with van der Waals surface area (Å²) in [6, 6.07) is 3.41. The first kappa shape index (κ1) is 16.0. The number of aliphatic hydroxyl groups is 1. The second-order valence-corrected chi connectivity index (χ2v) is 3.89. The number of hydrogen-bond donors (Lipinski definition) is 3. The maximum atomic E-state index is 11.4. The number of aromatic carboxylic acids is 2. The lowest BCUT2D eigenvalue weighted by Crippen LogP contribution is -2.24. The number of carbonyl (C=O) groups excluding carboxylic acids is 1. The Morgan fingerprint density at radius 2 is 1.67 bits per heavy atom. The highest BCUT2D eigenvalue weighted by atomic mass is 16.7. The van der Waals surface area contributed by atoms with Crippen LogP contribution in [-0.2, 0) is 9.63 Å². The average molecular weight is 295 g/mol. The van der Waals surface area contributed by atoms with Gasteiger partial charge in [0.25, 0.3) is 0 Å². The van der Waals surface area contributed by atoms with Gasteiger partial charge in [-0.05, 0) is 31.2 Å². The summed E-state index contributed by atoms with van der Waals surface area (Å²) in [5.41, 5.74) is -0.699. The molecule has 0 radical (unpaired) electrons. The number of aliphatic hydroxyl groups excluding tert-OH is 1. The van der Waals surface area contributed by atoms with Crippen molar-refractivity contribution in [2.24, 2.45) is 0 Å². The topological polar surface area (TPSA) is 124 Å². The Labute approximate surface area is 119 Å². The molecule has 0 bridgehead atoms.